The zero-order valence-electron chi connectivity index (χ0n) is 10.3. The summed E-state index contributed by atoms with van der Waals surface area (Å²) in [5.74, 6) is 1.42. The Hall–Kier alpha value is -2.03. The summed E-state index contributed by atoms with van der Waals surface area (Å²) in [6, 6.07) is 8.45. The SMILES string of the molecule is C=CCn1cnc(-c2ccccc2C2CC2)c1N. The van der Waals surface area contributed by atoms with Gasteiger partial charge in [-0.2, -0.15) is 0 Å². The molecule has 0 unspecified atom stereocenters. The van der Waals surface area contributed by atoms with Crippen molar-refractivity contribution in [2.24, 2.45) is 0 Å². The van der Waals surface area contributed by atoms with Crippen molar-refractivity contribution < 1.29 is 0 Å². The second-order valence-electron chi connectivity index (χ2n) is 4.78. The van der Waals surface area contributed by atoms with Crippen molar-refractivity contribution in [2.45, 2.75) is 25.3 Å². The van der Waals surface area contributed by atoms with Gasteiger partial charge in [0.05, 0.1) is 6.33 Å². The summed E-state index contributed by atoms with van der Waals surface area (Å²) < 4.78 is 1.92. The van der Waals surface area contributed by atoms with Gasteiger partial charge in [0.15, 0.2) is 0 Å². The number of nitrogen functional groups attached to an aromatic ring is 1. The van der Waals surface area contributed by atoms with Crippen LogP contribution in [0.3, 0.4) is 0 Å². The molecule has 0 atom stereocenters. The predicted molar refractivity (Wildman–Crippen MR) is 74.2 cm³/mol. The second kappa shape index (κ2) is 4.33. The maximum Gasteiger partial charge on any atom is 0.131 e. The molecule has 92 valence electrons. The van der Waals surface area contributed by atoms with Crippen molar-refractivity contribution in [3.63, 3.8) is 0 Å². The Balaban J connectivity index is 2.06. The van der Waals surface area contributed by atoms with Crippen LogP contribution in [0.15, 0.2) is 43.2 Å². The Bertz CT molecular complexity index is 579. The van der Waals surface area contributed by atoms with Gasteiger partial charge in [-0.05, 0) is 24.3 Å². The van der Waals surface area contributed by atoms with Gasteiger partial charge in [0.25, 0.3) is 0 Å². The topological polar surface area (TPSA) is 43.8 Å². The Kier molecular flexibility index (Phi) is 2.67. The van der Waals surface area contributed by atoms with Crippen LogP contribution in [-0.2, 0) is 6.54 Å². The number of imidazole rings is 1. The third kappa shape index (κ3) is 1.82. The summed E-state index contributed by atoms with van der Waals surface area (Å²) >= 11 is 0. The molecule has 18 heavy (non-hydrogen) atoms. The minimum absolute atomic E-state index is 0.699. The lowest BCUT2D eigenvalue weighted by Gasteiger charge is -2.07. The first-order chi connectivity index (χ1) is 8.81. The van der Waals surface area contributed by atoms with Crippen LogP contribution >= 0.6 is 0 Å². The van der Waals surface area contributed by atoms with E-state index in [9.17, 15) is 0 Å². The summed E-state index contributed by atoms with van der Waals surface area (Å²) in [6.45, 7) is 4.43. The molecule has 1 aromatic heterocycles. The molecule has 1 aliphatic rings. The molecule has 1 heterocycles. The Morgan fingerprint density at radius 3 is 2.89 bits per heavy atom. The van der Waals surface area contributed by atoms with Crippen molar-refractivity contribution in [2.75, 3.05) is 5.73 Å². The Morgan fingerprint density at radius 1 is 1.39 bits per heavy atom. The van der Waals surface area contributed by atoms with E-state index >= 15 is 0 Å². The molecule has 1 fully saturated rings. The number of aromatic nitrogens is 2. The lowest BCUT2D eigenvalue weighted by atomic mass is 10.0. The third-order valence-electron chi connectivity index (χ3n) is 3.44. The van der Waals surface area contributed by atoms with Gasteiger partial charge >= 0.3 is 0 Å². The van der Waals surface area contributed by atoms with Crippen LogP contribution in [-0.4, -0.2) is 9.55 Å². The molecule has 1 aromatic carbocycles. The molecule has 2 aromatic rings. The number of hydrogen-bond acceptors (Lipinski definition) is 2. The molecule has 3 heteroatoms. The summed E-state index contributed by atoms with van der Waals surface area (Å²) in [4.78, 5) is 4.47. The van der Waals surface area contributed by atoms with Crippen LogP contribution in [0.25, 0.3) is 11.3 Å². The van der Waals surface area contributed by atoms with Crippen molar-refractivity contribution in [1.82, 2.24) is 9.55 Å². The summed E-state index contributed by atoms with van der Waals surface area (Å²) in [7, 11) is 0. The molecule has 0 spiro atoms. The quantitative estimate of drug-likeness (QED) is 0.833. The van der Waals surface area contributed by atoms with Gasteiger partial charge < -0.3 is 10.3 Å². The van der Waals surface area contributed by atoms with E-state index in [1.54, 1.807) is 6.33 Å². The zero-order chi connectivity index (χ0) is 12.5. The fourth-order valence-electron chi connectivity index (χ4n) is 2.35. The van der Waals surface area contributed by atoms with Crippen LogP contribution in [0.2, 0.25) is 0 Å². The first kappa shape index (κ1) is 11.1. The van der Waals surface area contributed by atoms with Gasteiger partial charge in [0.1, 0.15) is 11.5 Å². The molecule has 3 rings (SSSR count). The van der Waals surface area contributed by atoms with E-state index in [0.29, 0.717) is 12.5 Å². The van der Waals surface area contributed by atoms with Crippen molar-refractivity contribution in [1.29, 1.82) is 0 Å². The average molecular weight is 239 g/mol. The van der Waals surface area contributed by atoms with E-state index < -0.39 is 0 Å². The van der Waals surface area contributed by atoms with E-state index in [-0.39, 0.29) is 0 Å². The molecule has 0 bridgehead atoms. The number of benzene rings is 1. The van der Waals surface area contributed by atoms with Crippen LogP contribution < -0.4 is 5.73 Å². The monoisotopic (exact) mass is 239 g/mol. The number of nitrogens with zero attached hydrogens (tertiary/aromatic N) is 2. The zero-order valence-corrected chi connectivity index (χ0v) is 10.3. The third-order valence-corrected chi connectivity index (χ3v) is 3.44. The fourth-order valence-corrected chi connectivity index (χ4v) is 2.35. The molecule has 0 amide bonds. The number of hydrogen-bond donors (Lipinski definition) is 1. The minimum Gasteiger partial charge on any atom is -0.383 e. The molecule has 0 radical (unpaired) electrons. The highest BCUT2D eigenvalue weighted by Gasteiger charge is 2.27. The number of nitrogens with two attached hydrogens (primary N) is 1. The summed E-state index contributed by atoms with van der Waals surface area (Å²) in [5.41, 5.74) is 9.63. The average Bonchev–Trinajstić information content (AvgIpc) is 3.17. The molecule has 3 nitrogen and oxygen atoms in total. The summed E-state index contributed by atoms with van der Waals surface area (Å²) in [6.07, 6.45) is 6.18. The van der Waals surface area contributed by atoms with Crippen LogP contribution in [0.1, 0.15) is 24.3 Å². The van der Waals surface area contributed by atoms with E-state index in [1.807, 2.05) is 16.7 Å². The van der Waals surface area contributed by atoms with Crippen LogP contribution in [0.5, 0.6) is 0 Å². The van der Waals surface area contributed by atoms with Crippen molar-refractivity contribution in [3.8, 4) is 11.3 Å². The molecule has 1 aliphatic carbocycles. The van der Waals surface area contributed by atoms with Crippen LogP contribution in [0.4, 0.5) is 5.82 Å². The maximum absolute atomic E-state index is 6.16. The highest BCUT2D eigenvalue weighted by Crippen LogP contribution is 2.44. The molecule has 0 saturated heterocycles. The van der Waals surface area contributed by atoms with Crippen molar-refractivity contribution >= 4 is 5.82 Å². The van der Waals surface area contributed by atoms with Gasteiger partial charge in [0, 0.05) is 12.1 Å². The van der Waals surface area contributed by atoms with Gasteiger partial charge in [-0.25, -0.2) is 4.98 Å². The Morgan fingerprint density at radius 2 is 2.17 bits per heavy atom. The molecule has 2 N–H and O–H groups in total. The molecule has 1 saturated carbocycles. The van der Waals surface area contributed by atoms with E-state index in [4.69, 9.17) is 5.73 Å². The van der Waals surface area contributed by atoms with Crippen molar-refractivity contribution in [3.05, 3.63) is 48.8 Å². The maximum atomic E-state index is 6.16. The Labute approximate surface area is 107 Å². The van der Waals surface area contributed by atoms with Gasteiger partial charge in [-0.1, -0.05) is 30.3 Å². The smallest absolute Gasteiger partial charge is 0.131 e. The van der Waals surface area contributed by atoms with Gasteiger partial charge in [-0.3, -0.25) is 0 Å². The van der Waals surface area contributed by atoms with E-state index in [2.05, 4.69) is 29.8 Å². The standard InChI is InChI=1S/C15H17N3/c1-2-9-18-10-17-14(15(18)16)13-6-4-3-5-12(13)11-7-8-11/h2-6,10-11H,1,7-9,16H2. The number of rotatable bonds is 4. The fraction of sp³-hybridized carbons (Fsp3) is 0.267. The normalized spacial score (nSPS) is 14.7. The lowest BCUT2D eigenvalue weighted by molar-refractivity contribution is 0.833. The molecular weight excluding hydrogens is 222 g/mol. The van der Waals surface area contributed by atoms with E-state index in [0.717, 1.165) is 11.5 Å². The summed E-state index contributed by atoms with van der Waals surface area (Å²) in [5, 5.41) is 0. The number of anilines is 1. The first-order valence-corrected chi connectivity index (χ1v) is 6.32. The van der Waals surface area contributed by atoms with Gasteiger partial charge in [0.2, 0.25) is 0 Å². The molecular formula is C15H17N3. The van der Waals surface area contributed by atoms with Crippen LogP contribution in [0, 0.1) is 0 Å². The minimum atomic E-state index is 0.699. The molecule has 0 aliphatic heterocycles. The van der Waals surface area contributed by atoms with Gasteiger partial charge in [-0.15, -0.1) is 6.58 Å². The largest absolute Gasteiger partial charge is 0.383 e. The van der Waals surface area contributed by atoms with E-state index in [1.165, 1.54) is 24.0 Å². The first-order valence-electron chi connectivity index (χ1n) is 6.32. The predicted octanol–water partition coefficient (Wildman–Crippen LogP) is 3.20. The second-order valence-corrected chi connectivity index (χ2v) is 4.78. The highest BCUT2D eigenvalue weighted by atomic mass is 15.1. The highest BCUT2D eigenvalue weighted by molar-refractivity contribution is 5.74. The number of allylic oxidation sites excluding steroid dienone is 1. The lowest BCUT2D eigenvalue weighted by Crippen LogP contribution is -2.00.